The number of phenolic OH excluding ortho intramolecular Hbond substituents is 1. The summed E-state index contributed by atoms with van der Waals surface area (Å²) in [6, 6.07) is 8.44. The van der Waals surface area contributed by atoms with E-state index in [1.165, 1.54) is 18.5 Å². The van der Waals surface area contributed by atoms with Crippen molar-refractivity contribution >= 4 is 10.9 Å². The van der Waals surface area contributed by atoms with Crippen LogP contribution in [0.4, 0.5) is 0 Å². The summed E-state index contributed by atoms with van der Waals surface area (Å²) < 4.78 is 2.14. The molecule has 0 amide bonds. The number of nitrogens with one attached hydrogen (secondary N) is 1. The maximum Gasteiger partial charge on any atom is 0.124 e. The first kappa shape index (κ1) is 9.73. The summed E-state index contributed by atoms with van der Waals surface area (Å²) in [4.78, 5) is 0. The van der Waals surface area contributed by atoms with Gasteiger partial charge in [0, 0.05) is 30.7 Å². The van der Waals surface area contributed by atoms with Crippen molar-refractivity contribution < 1.29 is 5.11 Å². The zero-order valence-electron chi connectivity index (χ0n) is 9.40. The SMILES string of the molecule is Cn1c(CNC2CC2)cc2c(O)cccc21. The van der Waals surface area contributed by atoms with Crippen molar-refractivity contribution in [3.05, 3.63) is 30.0 Å². The largest absolute Gasteiger partial charge is 0.507 e. The summed E-state index contributed by atoms with van der Waals surface area (Å²) in [5.41, 5.74) is 2.32. The zero-order chi connectivity index (χ0) is 11.1. The first-order valence-electron chi connectivity index (χ1n) is 5.75. The van der Waals surface area contributed by atoms with E-state index in [0.29, 0.717) is 11.8 Å². The van der Waals surface area contributed by atoms with E-state index in [1.807, 2.05) is 19.2 Å². The van der Waals surface area contributed by atoms with Gasteiger partial charge < -0.3 is 15.0 Å². The second kappa shape index (κ2) is 3.52. The molecule has 0 aliphatic heterocycles. The highest BCUT2D eigenvalue weighted by molar-refractivity contribution is 5.87. The fourth-order valence-electron chi connectivity index (χ4n) is 2.11. The molecule has 1 aromatic carbocycles. The predicted molar refractivity (Wildman–Crippen MR) is 64.4 cm³/mol. The number of rotatable bonds is 3. The Kier molecular flexibility index (Phi) is 2.14. The lowest BCUT2D eigenvalue weighted by molar-refractivity contribution is 0.481. The van der Waals surface area contributed by atoms with Gasteiger partial charge in [-0.1, -0.05) is 6.07 Å². The van der Waals surface area contributed by atoms with E-state index in [0.717, 1.165) is 17.4 Å². The van der Waals surface area contributed by atoms with Gasteiger partial charge in [-0.3, -0.25) is 0 Å². The Balaban J connectivity index is 1.97. The summed E-state index contributed by atoms with van der Waals surface area (Å²) in [5, 5.41) is 14.2. The minimum absolute atomic E-state index is 0.366. The third kappa shape index (κ3) is 1.57. The fraction of sp³-hybridized carbons (Fsp3) is 0.385. The van der Waals surface area contributed by atoms with Gasteiger partial charge in [0.05, 0.1) is 5.52 Å². The number of benzene rings is 1. The molecule has 2 N–H and O–H groups in total. The lowest BCUT2D eigenvalue weighted by Crippen LogP contribution is -2.17. The molecule has 1 aliphatic carbocycles. The number of fused-ring (bicyclic) bond motifs is 1. The van der Waals surface area contributed by atoms with Gasteiger partial charge in [-0.2, -0.15) is 0 Å². The third-order valence-corrected chi connectivity index (χ3v) is 3.31. The molecule has 0 spiro atoms. The van der Waals surface area contributed by atoms with Crippen LogP contribution in [-0.4, -0.2) is 15.7 Å². The van der Waals surface area contributed by atoms with Crippen molar-refractivity contribution in [3.63, 3.8) is 0 Å². The Hall–Kier alpha value is -1.48. The topological polar surface area (TPSA) is 37.2 Å². The van der Waals surface area contributed by atoms with Gasteiger partial charge in [0.2, 0.25) is 0 Å². The zero-order valence-corrected chi connectivity index (χ0v) is 9.40. The minimum Gasteiger partial charge on any atom is -0.507 e. The maximum atomic E-state index is 9.76. The van der Waals surface area contributed by atoms with Crippen LogP contribution in [0.25, 0.3) is 10.9 Å². The van der Waals surface area contributed by atoms with Gasteiger partial charge >= 0.3 is 0 Å². The quantitative estimate of drug-likeness (QED) is 0.824. The average molecular weight is 216 g/mol. The molecule has 16 heavy (non-hydrogen) atoms. The molecular formula is C13H16N2O. The number of nitrogens with zero attached hydrogens (tertiary/aromatic N) is 1. The smallest absolute Gasteiger partial charge is 0.124 e. The van der Waals surface area contributed by atoms with Crippen LogP contribution < -0.4 is 5.32 Å². The van der Waals surface area contributed by atoms with Gasteiger partial charge in [-0.25, -0.2) is 0 Å². The highest BCUT2D eigenvalue weighted by Gasteiger charge is 2.20. The summed E-state index contributed by atoms with van der Waals surface area (Å²) >= 11 is 0. The van der Waals surface area contributed by atoms with Crippen LogP contribution in [0, 0.1) is 0 Å². The molecule has 0 atom stereocenters. The van der Waals surface area contributed by atoms with E-state index >= 15 is 0 Å². The standard InChI is InChI=1S/C13H16N2O/c1-15-10(8-14-9-5-6-9)7-11-12(15)3-2-4-13(11)16/h2-4,7,9,14,16H,5-6,8H2,1H3. The van der Waals surface area contributed by atoms with Gasteiger partial charge in [0.25, 0.3) is 0 Å². The Labute approximate surface area is 94.7 Å². The molecule has 0 unspecified atom stereocenters. The second-order valence-electron chi connectivity index (χ2n) is 4.56. The molecule has 3 heteroatoms. The molecule has 1 aromatic heterocycles. The molecule has 1 heterocycles. The first-order valence-corrected chi connectivity index (χ1v) is 5.75. The van der Waals surface area contributed by atoms with Crippen LogP contribution in [0.5, 0.6) is 5.75 Å². The fourth-order valence-corrected chi connectivity index (χ4v) is 2.11. The van der Waals surface area contributed by atoms with E-state index < -0.39 is 0 Å². The lowest BCUT2D eigenvalue weighted by Gasteiger charge is -2.04. The highest BCUT2D eigenvalue weighted by atomic mass is 16.3. The van der Waals surface area contributed by atoms with Crippen LogP contribution in [0.3, 0.4) is 0 Å². The number of aromatic hydroxyl groups is 1. The van der Waals surface area contributed by atoms with Crippen LogP contribution in [0.15, 0.2) is 24.3 Å². The van der Waals surface area contributed by atoms with Crippen LogP contribution in [-0.2, 0) is 13.6 Å². The van der Waals surface area contributed by atoms with Gasteiger partial charge in [0.1, 0.15) is 5.75 Å². The summed E-state index contributed by atoms with van der Waals surface area (Å²) in [7, 11) is 2.05. The maximum absolute atomic E-state index is 9.76. The summed E-state index contributed by atoms with van der Waals surface area (Å²) in [5.74, 6) is 0.366. The van der Waals surface area contributed by atoms with E-state index in [2.05, 4.69) is 16.0 Å². The first-order chi connectivity index (χ1) is 7.75. The van der Waals surface area contributed by atoms with Crippen molar-refractivity contribution in [1.29, 1.82) is 0 Å². The molecule has 1 saturated carbocycles. The molecule has 1 fully saturated rings. The molecule has 0 bridgehead atoms. The number of aryl methyl sites for hydroxylation is 1. The van der Waals surface area contributed by atoms with Crippen molar-refractivity contribution in [2.24, 2.45) is 7.05 Å². The number of phenols is 1. The lowest BCUT2D eigenvalue weighted by atomic mass is 10.2. The van der Waals surface area contributed by atoms with Crippen molar-refractivity contribution in [2.75, 3.05) is 0 Å². The molecule has 84 valence electrons. The van der Waals surface area contributed by atoms with Crippen LogP contribution in [0.2, 0.25) is 0 Å². The average Bonchev–Trinajstić information content (AvgIpc) is 3.04. The highest BCUT2D eigenvalue weighted by Crippen LogP contribution is 2.27. The van der Waals surface area contributed by atoms with Crippen LogP contribution >= 0.6 is 0 Å². The Morgan fingerprint density at radius 3 is 2.94 bits per heavy atom. The number of aromatic nitrogens is 1. The molecule has 1 aliphatic rings. The number of hydrogen-bond acceptors (Lipinski definition) is 2. The van der Waals surface area contributed by atoms with Crippen molar-refractivity contribution in [1.82, 2.24) is 9.88 Å². The predicted octanol–water partition coefficient (Wildman–Crippen LogP) is 2.14. The van der Waals surface area contributed by atoms with E-state index in [1.54, 1.807) is 6.07 Å². The minimum atomic E-state index is 0.366. The van der Waals surface area contributed by atoms with E-state index in [9.17, 15) is 5.11 Å². The molecule has 2 aromatic rings. The molecular weight excluding hydrogens is 200 g/mol. The normalized spacial score (nSPS) is 15.8. The molecule has 3 nitrogen and oxygen atoms in total. The van der Waals surface area contributed by atoms with Gasteiger partial charge in [-0.05, 0) is 31.0 Å². The van der Waals surface area contributed by atoms with Crippen molar-refractivity contribution in [2.45, 2.75) is 25.4 Å². The van der Waals surface area contributed by atoms with Gasteiger partial charge in [-0.15, -0.1) is 0 Å². The monoisotopic (exact) mass is 216 g/mol. The van der Waals surface area contributed by atoms with Crippen molar-refractivity contribution in [3.8, 4) is 5.75 Å². The van der Waals surface area contributed by atoms with Crippen LogP contribution in [0.1, 0.15) is 18.5 Å². The Morgan fingerprint density at radius 2 is 2.25 bits per heavy atom. The second-order valence-corrected chi connectivity index (χ2v) is 4.56. The Morgan fingerprint density at radius 1 is 1.44 bits per heavy atom. The third-order valence-electron chi connectivity index (χ3n) is 3.31. The van der Waals surface area contributed by atoms with Gasteiger partial charge in [0.15, 0.2) is 0 Å². The van der Waals surface area contributed by atoms with E-state index in [4.69, 9.17) is 0 Å². The van der Waals surface area contributed by atoms with E-state index in [-0.39, 0.29) is 0 Å². The molecule has 0 saturated heterocycles. The summed E-state index contributed by atoms with van der Waals surface area (Å²) in [6.07, 6.45) is 2.60. The molecule has 0 radical (unpaired) electrons. The number of hydrogen-bond donors (Lipinski definition) is 2. The Bertz CT molecular complexity index is 526. The summed E-state index contributed by atoms with van der Waals surface area (Å²) in [6.45, 7) is 0.884. The molecule has 3 rings (SSSR count).